The average molecular weight is 333 g/mol. The molecule has 7 heteroatoms. The van der Waals surface area contributed by atoms with Crippen molar-refractivity contribution in [2.45, 2.75) is 42.5 Å². The Morgan fingerprint density at radius 2 is 1.96 bits per heavy atom. The molecular weight excluding hydrogens is 316 g/mol. The molecule has 6 nitrogen and oxygen atoms in total. The Hall–Kier alpha value is -2.02. The Morgan fingerprint density at radius 1 is 1.30 bits per heavy atom. The van der Waals surface area contributed by atoms with Gasteiger partial charge in [-0.25, -0.2) is 0 Å². The number of benzene rings is 1. The van der Waals surface area contributed by atoms with E-state index in [2.05, 4.69) is 5.32 Å². The van der Waals surface area contributed by atoms with Crippen LogP contribution in [0.2, 0.25) is 0 Å². The van der Waals surface area contributed by atoms with E-state index in [0.29, 0.717) is 0 Å². The number of aliphatic carboxylic acids is 1. The first-order valence-electron chi connectivity index (χ1n) is 7.35. The van der Waals surface area contributed by atoms with Crippen LogP contribution in [-0.2, 0) is 20.8 Å². The van der Waals surface area contributed by atoms with Crippen LogP contribution in [0.3, 0.4) is 0 Å². The van der Waals surface area contributed by atoms with E-state index in [1.54, 1.807) is 13.8 Å². The maximum Gasteiger partial charge on any atom is 0.249 e. The molecule has 0 saturated carbocycles. The number of carbonyl (C=O) groups excluding carboxylic acids is 3. The summed E-state index contributed by atoms with van der Waals surface area (Å²) in [7, 11) is 0. The van der Waals surface area contributed by atoms with E-state index in [4.69, 9.17) is 0 Å². The van der Waals surface area contributed by atoms with Crippen LogP contribution < -0.4 is 10.4 Å². The zero-order chi connectivity index (χ0) is 16.8. The van der Waals surface area contributed by atoms with Gasteiger partial charge in [-0.05, 0) is 19.4 Å². The standard InChI is InChI=1S/C16H18N2O4S/c1-16(2)12(15(21)22)18-13(20)11(14(18)23-16)17-10(19)8-9-6-4-3-5-7-9/h3-7,11-12,14H,8H2,1-2H3,(H,17,19)(H,21,22)/p-1/t11-,12-,14-/m0/s1. The van der Waals surface area contributed by atoms with Gasteiger partial charge >= 0.3 is 0 Å². The molecule has 1 aromatic rings. The Balaban J connectivity index is 1.66. The van der Waals surface area contributed by atoms with Crippen LogP contribution >= 0.6 is 11.8 Å². The van der Waals surface area contributed by atoms with Gasteiger partial charge in [0.05, 0.1) is 18.4 Å². The van der Waals surface area contributed by atoms with E-state index in [9.17, 15) is 19.5 Å². The number of nitrogens with one attached hydrogen (secondary N) is 1. The third-order valence-corrected chi connectivity index (χ3v) is 5.76. The van der Waals surface area contributed by atoms with Gasteiger partial charge in [0.25, 0.3) is 0 Å². The lowest BCUT2D eigenvalue weighted by Gasteiger charge is -2.45. The quantitative estimate of drug-likeness (QED) is 0.752. The van der Waals surface area contributed by atoms with Crippen molar-refractivity contribution < 1.29 is 19.5 Å². The van der Waals surface area contributed by atoms with Crippen LogP contribution in [0, 0.1) is 0 Å². The molecule has 2 aliphatic rings. The molecule has 122 valence electrons. The molecule has 0 radical (unpaired) electrons. The van der Waals surface area contributed by atoms with E-state index in [1.165, 1.54) is 16.7 Å². The molecule has 2 aliphatic heterocycles. The van der Waals surface area contributed by atoms with Crippen LogP contribution in [0.25, 0.3) is 0 Å². The summed E-state index contributed by atoms with van der Waals surface area (Å²) in [5.74, 6) is -1.86. The van der Waals surface area contributed by atoms with E-state index in [0.717, 1.165) is 5.56 Å². The van der Waals surface area contributed by atoms with E-state index in [-0.39, 0.29) is 23.6 Å². The highest BCUT2D eigenvalue weighted by Gasteiger charge is 2.62. The molecule has 1 aromatic carbocycles. The van der Waals surface area contributed by atoms with E-state index < -0.39 is 22.8 Å². The molecule has 0 aromatic heterocycles. The molecular formula is C16H17N2O4S-. The molecule has 3 rings (SSSR count). The minimum absolute atomic E-state index is 0.190. The lowest BCUT2D eigenvalue weighted by molar-refractivity contribution is -0.312. The Kier molecular flexibility index (Phi) is 3.83. The number of nitrogens with zero attached hydrogens (tertiary/aromatic N) is 1. The van der Waals surface area contributed by atoms with Gasteiger partial charge in [-0.2, -0.15) is 0 Å². The highest BCUT2D eigenvalue weighted by molar-refractivity contribution is 8.01. The zero-order valence-electron chi connectivity index (χ0n) is 12.8. The smallest absolute Gasteiger partial charge is 0.249 e. The third kappa shape index (κ3) is 2.69. The number of fused-ring (bicyclic) bond motifs is 1. The molecule has 3 atom stereocenters. The van der Waals surface area contributed by atoms with Crippen molar-refractivity contribution in [2.75, 3.05) is 0 Å². The summed E-state index contributed by atoms with van der Waals surface area (Å²) in [5, 5.41) is 13.7. The number of thioether (sulfide) groups is 1. The summed E-state index contributed by atoms with van der Waals surface area (Å²) in [4.78, 5) is 37.0. The Labute approximate surface area is 138 Å². The number of carbonyl (C=O) groups is 3. The predicted molar refractivity (Wildman–Crippen MR) is 83.2 cm³/mol. The minimum Gasteiger partial charge on any atom is -0.548 e. The molecule has 2 heterocycles. The maximum atomic E-state index is 12.2. The first-order chi connectivity index (χ1) is 10.8. The summed E-state index contributed by atoms with van der Waals surface area (Å²) < 4.78 is -0.641. The molecule has 2 saturated heterocycles. The van der Waals surface area contributed by atoms with Crippen molar-refractivity contribution in [2.24, 2.45) is 0 Å². The van der Waals surface area contributed by atoms with Gasteiger partial charge in [0.2, 0.25) is 11.8 Å². The summed E-state index contributed by atoms with van der Waals surface area (Å²) in [5.41, 5.74) is 0.862. The Bertz CT molecular complexity index is 661. The normalized spacial score (nSPS) is 28.0. The molecule has 0 aliphatic carbocycles. The molecule has 0 bridgehead atoms. The largest absolute Gasteiger partial charge is 0.548 e. The van der Waals surface area contributed by atoms with Gasteiger partial charge in [0, 0.05) is 4.75 Å². The highest BCUT2D eigenvalue weighted by Crippen LogP contribution is 2.50. The van der Waals surface area contributed by atoms with Crippen molar-refractivity contribution in [3.05, 3.63) is 35.9 Å². The topological polar surface area (TPSA) is 89.5 Å². The predicted octanol–water partition coefficient (Wildman–Crippen LogP) is -0.474. The number of amides is 2. The number of rotatable bonds is 4. The van der Waals surface area contributed by atoms with Crippen LogP contribution in [0.15, 0.2) is 30.3 Å². The number of hydrogen-bond acceptors (Lipinski definition) is 5. The zero-order valence-corrected chi connectivity index (χ0v) is 13.6. The number of carboxylic acid groups (broad SMARTS) is 1. The fourth-order valence-electron chi connectivity index (χ4n) is 3.13. The van der Waals surface area contributed by atoms with Crippen LogP contribution in [0.5, 0.6) is 0 Å². The summed E-state index contributed by atoms with van der Waals surface area (Å²) in [6, 6.07) is 7.61. The van der Waals surface area contributed by atoms with Gasteiger partial charge in [-0.1, -0.05) is 30.3 Å². The number of carboxylic acids is 1. The minimum atomic E-state index is -1.26. The summed E-state index contributed by atoms with van der Waals surface area (Å²) in [6.07, 6.45) is 0.190. The Morgan fingerprint density at radius 3 is 2.57 bits per heavy atom. The van der Waals surface area contributed by atoms with E-state index >= 15 is 0 Å². The van der Waals surface area contributed by atoms with Crippen molar-refractivity contribution >= 4 is 29.5 Å². The number of β-lactam (4-membered cyclic amide) rings is 1. The van der Waals surface area contributed by atoms with Crippen LogP contribution in [0.4, 0.5) is 0 Å². The van der Waals surface area contributed by atoms with Gasteiger partial charge in [-0.3, -0.25) is 9.59 Å². The van der Waals surface area contributed by atoms with Crippen molar-refractivity contribution in [1.82, 2.24) is 10.2 Å². The molecule has 0 spiro atoms. The van der Waals surface area contributed by atoms with Gasteiger partial charge in [0.1, 0.15) is 11.4 Å². The second kappa shape index (κ2) is 5.56. The second-order valence-electron chi connectivity index (χ2n) is 6.29. The lowest BCUT2D eigenvalue weighted by atomic mass is 9.96. The van der Waals surface area contributed by atoms with E-state index in [1.807, 2.05) is 30.3 Å². The van der Waals surface area contributed by atoms with Crippen molar-refractivity contribution in [3.63, 3.8) is 0 Å². The lowest BCUT2D eigenvalue weighted by Crippen LogP contribution is -2.71. The maximum absolute atomic E-state index is 12.2. The fraction of sp³-hybridized carbons (Fsp3) is 0.438. The fourth-order valence-corrected chi connectivity index (χ4v) is 4.75. The van der Waals surface area contributed by atoms with Gasteiger partial charge in [0.15, 0.2) is 0 Å². The first-order valence-corrected chi connectivity index (χ1v) is 8.23. The molecule has 0 unspecified atom stereocenters. The molecule has 2 fully saturated rings. The van der Waals surface area contributed by atoms with Crippen LogP contribution in [-0.4, -0.2) is 44.9 Å². The average Bonchev–Trinajstić information content (AvgIpc) is 2.74. The molecule has 23 heavy (non-hydrogen) atoms. The van der Waals surface area contributed by atoms with Crippen molar-refractivity contribution in [1.29, 1.82) is 0 Å². The third-order valence-electron chi connectivity index (χ3n) is 4.19. The second-order valence-corrected chi connectivity index (χ2v) is 8.06. The van der Waals surface area contributed by atoms with Gasteiger partial charge in [-0.15, -0.1) is 11.8 Å². The summed E-state index contributed by atoms with van der Waals surface area (Å²) in [6.45, 7) is 3.54. The molecule has 1 N–H and O–H groups in total. The number of hydrogen-bond donors (Lipinski definition) is 1. The highest BCUT2D eigenvalue weighted by atomic mass is 32.2. The summed E-state index contributed by atoms with van der Waals surface area (Å²) >= 11 is 1.38. The first kappa shape index (κ1) is 15.9. The molecule has 2 amide bonds. The SMILES string of the molecule is CC1(C)S[C@H]2[C@@H](NC(=O)Cc3ccccc3)C(=O)N2[C@H]1C(=O)[O-]. The van der Waals surface area contributed by atoms with Crippen LogP contribution in [0.1, 0.15) is 19.4 Å². The van der Waals surface area contributed by atoms with Crippen molar-refractivity contribution in [3.8, 4) is 0 Å². The van der Waals surface area contributed by atoms with Gasteiger partial charge < -0.3 is 20.1 Å². The monoisotopic (exact) mass is 333 g/mol.